The second kappa shape index (κ2) is 10.9. The van der Waals surface area contributed by atoms with E-state index in [1.807, 2.05) is 19.9 Å². The van der Waals surface area contributed by atoms with Crippen LogP contribution in [-0.4, -0.2) is 32.5 Å². The second-order valence-electron chi connectivity index (χ2n) is 5.81. The fraction of sp³-hybridized carbons (Fsp3) is 0.412. The third-order valence-corrected chi connectivity index (χ3v) is 5.74. The van der Waals surface area contributed by atoms with E-state index in [0.29, 0.717) is 12.5 Å². The molecule has 7 nitrogen and oxygen atoms in total. The van der Waals surface area contributed by atoms with Gasteiger partial charge in [-0.2, -0.15) is 0 Å². The van der Waals surface area contributed by atoms with Crippen molar-refractivity contribution in [3.8, 4) is 0 Å². The predicted octanol–water partition coefficient (Wildman–Crippen LogP) is 2.32. The lowest BCUT2D eigenvalue weighted by Gasteiger charge is -2.11. The smallest absolute Gasteiger partial charge is 0.238 e. The molecule has 27 heavy (non-hydrogen) atoms. The van der Waals surface area contributed by atoms with Crippen molar-refractivity contribution in [2.75, 3.05) is 13.1 Å². The molecule has 10 heteroatoms. The molecular formula is C17H26IN5O2S2. The maximum Gasteiger partial charge on any atom is 0.238 e. The number of aryl methyl sites for hydroxylation is 2. The summed E-state index contributed by atoms with van der Waals surface area (Å²) in [6, 6.07) is 6.51. The highest BCUT2D eigenvalue weighted by atomic mass is 127. The maximum atomic E-state index is 11.4. The molecule has 0 unspecified atom stereocenters. The van der Waals surface area contributed by atoms with E-state index in [9.17, 15) is 8.42 Å². The van der Waals surface area contributed by atoms with Crippen LogP contribution in [0.25, 0.3) is 0 Å². The van der Waals surface area contributed by atoms with E-state index in [1.165, 1.54) is 10.9 Å². The normalized spacial score (nSPS) is 11.8. The maximum absolute atomic E-state index is 11.4. The molecule has 0 saturated carbocycles. The first-order valence-electron chi connectivity index (χ1n) is 8.36. The molecular weight excluding hydrogens is 497 g/mol. The summed E-state index contributed by atoms with van der Waals surface area (Å²) in [7, 11) is -3.71. The Bertz CT molecular complexity index is 862. The van der Waals surface area contributed by atoms with E-state index >= 15 is 0 Å². The largest absolute Gasteiger partial charge is 0.357 e. The van der Waals surface area contributed by atoms with Crippen LogP contribution in [0.3, 0.4) is 0 Å². The number of hydrogen-bond acceptors (Lipinski definition) is 5. The molecule has 0 bridgehead atoms. The Balaban J connectivity index is 0.00000364. The number of thiazole rings is 1. The molecule has 0 amide bonds. The van der Waals surface area contributed by atoms with Crippen molar-refractivity contribution in [2.24, 2.45) is 10.1 Å². The van der Waals surface area contributed by atoms with Crippen LogP contribution in [0.5, 0.6) is 0 Å². The van der Waals surface area contributed by atoms with E-state index in [1.54, 1.807) is 23.5 Å². The Hall–Kier alpha value is -1.24. The van der Waals surface area contributed by atoms with Crippen LogP contribution in [0.1, 0.15) is 28.1 Å². The Kier molecular flexibility index (Phi) is 9.63. The van der Waals surface area contributed by atoms with E-state index in [2.05, 4.69) is 27.5 Å². The number of rotatable bonds is 7. The van der Waals surface area contributed by atoms with E-state index in [0.717, 1.165) is 35.8 Å². The van der Waals surface area contributed by atoms with Crippen molar-refractivity contribution in [3.63, 3.8) is 0 Å². The van der Waals surface area contributed by atoms with Gasteiger partial charge >= 0.3 is 0 Å². The molecule has 1 aromatic carbocycles. The van der Waals surface area contributed by atoms with Gasteiger partial charge in [0, 0.05) is 24.4 Å². The van der Waals surface area contributed by atoms with Crippen LogP contribution in [-0.2, 0) is 23.0 Å². The third kappa shape index (κ3) is 7.72. The van der Waals surface area contributed by atoms with Gasteiger partial charge in [-0.15, -0.1) is 35.3 Å². The first-order valence-corrected chi connectivity index (χ1v) is 10.7. The minimum atomic E-state index is -3.71. The van der Waals surface area contributed by atoms with Gasteiger partial charge in [-0.3, -0.25) is 0 Å². The number of nitrogens with one attached hydrogen (secondary N) is 2. The summed E-state index contributed by atoms with van der Waals surface area (Å²) in [4.78, 5) is 10.4. The van der Waals surface area contributed by atoms with Crippen molar-refractivity contribution < 1.29 is 8.42 Å². The molecule has 0 aliphatic heterocycles. The summed E-state index contributed by atoms with van der Waals surface area (Å²) in [5, 5.41) is 12.7. The molecule has 0 spiro atoms. The van der Waals surface area contributed by atoms with Gasteiger partial charge in [0.1, 0.15) is 0 Å². The Morgan fingerprint density at radius 3 is 2.63 bits per heavy atom. The van der Waals surface area contributed by atoms with Crippen LogP contribution in [0.4, 0.5) is 0 Å². The summed E-state index contributed by atoms with van der Waals surface area (Å²) in [5.41, 5.74) is 1.86. The zero-order valence-electron chi connectivity index (χ0n) is 15.7. The minimum absolute atomic E-state index is 0. The van der Waals surface area contributed by atoms with Crippen molar-refractivity contribution in [1.29, 1.82) is 0 Å². The molecule has 0 radical (unpaired) electrons. The minimum Gasteiger partial charge on any atom is -0.357 e. The molecule has 0 aliphatic rings. The molecule has 0 aliphatic carbocycles. The van der Waals surface area contributed by atoms with Crippen molar-refractivity contribution in [1.82, 2.24) is 15.6 Å². The summed E-state index contributed by atoms with van der Waals surface area (Å²) in [6.07, 6.45) is 0.824. The molecule has 1 heterocycles. The molecule has 0 fully saturated rings. The summed E-state index contributed by atoms with van der Waals surface area (Å²) in [5.74, 6) is 0.679. The molecule has 1 aromatic heterocycles. The molecule has 0 saturated heterocycles. The van der Waals surface area contributed by atoms with Gasteiger partial charge in [0.2, 0.25) is 10.0 Å². The fourth-order valence-corrected chi connectivity index (χ4v) is 3.78. The highest BCUT2D eigenvalue weighted by molar-refractivity contribution is 14.0. The lowest BCUT2D eigenvalue weighted by molar-refractivity contribution is 0.597. The summed E-state index contributed by atoms with van der Waals surface area (Å²) in [6.45, 7) is 7.89. The van der Waals surface area contributed by atoms with Gasteiger partial charge < -0.3 is 10.6 Å². The molecule has 2 aromatic rings. The van der Waals surface area contributed by atoms with Crippen LogP contribution < -0.4 is 15.8 Å². The summed E-state index contributed by atoms with van der Waals surface area (Å²) < 4.78 is 22.9. The van der Waals surface area contributed by atoms with Gasteiger partial charge in [0.15, 0.2) is 5.96 Å². The van der Waals surface area contributed by atoms with Crippen LogP contribution in [0.15, 0.2) is 34.2 Å². The van der Waals surface area contributed by atoms with Crippen LogP contribution in [0, 0.1) is 13.8 Å². The number of sulfonamides is 1. The second-order valence-corrected chi connectivity index (χ2v) is 8.66. The lowest BCUT2D eigenvalue weighted by Crippen LogP contribution is -2.38. The number of benzene rings is 1. The Morgan fingerprint density at radius 1 is 1.30 bits per heavy atom. The Morgan fingerprint density at radius 2 is 2.04 bits per heavy atom. The lowest BCUT2D eigenvalue weighted by atomic mass is 10.2. The quantitative estimate of drug-likeness (QED) is 0.293. The topological polar surface area (TPSA) is 109 Å². The van der Waals surface area contributed by atoms with Crippen molar-refractivity contribution in [3.05, 3.63) is 45.4 Å². The zero-order chi connectivity index (χ0) is 19.2. The Labute approximate surface area is 182 Å². The van der Waals surface area contributed by atoms with Crippen LogP contribution in [0.2, 0.25) is 0 Å². The number of primary sulfonamides is 1. The number of guanidine groups is 1. The standard InChI is InChI=1S/C17H25N5O2S2.HI/c1-4-19-17(20-9-8-16-22-12(2)13(3)25-16)21-11-14-6-5-7-15(10-14)26(18,23)24;/h5-7,10H,4,8-9,11H2,1-3H3,(H2,18,23,24)(H2,19,20,21);1H. The van der Waals surface area contributed by atoms with E-state index in [-0.39, 0.29) is 28.9 Å². The number of nitrogens with two attached hydrogens (primary N) is 1. The predicted molar refractivity (Wildman–Crippen MR) is 121 cm³/mol. The number of nitrogens with zero attached hydrogens (tertiary/aromatic N) is 2. The van der Waals surface area contributed by atoms with Gasteiger partial charge in [0.05, 0.1) is 22.1 Å². The number of hydrogen-bond donors (Lipinski definition) is 3. The fourth-order valence-electron chi connectivity index (χ4n) is 2.27. The SMILES string of the molecule is CCNC(=NCc1cccc(S(N)(=O)=O)c1)NCCc1nc(C)c(C)s1.I. The monoisotopic (exact) mass is 523 g/mol. The highest BCUT2D eigenvalue weighted by Crippen LogP contribution is 2.16. The average molecular weight is 523 g/mol. The molecule has 0 atom stereocenters. The molecule has 150 valence electrons. The molecule has 2 rings (SSSR count). The number of aromatic nitrogens is 1. The van der Waals surface area contributed by atoms with Crippen LogP contribution >= 0.6 is 35.3 Å². The average Bonchev–Trinajstić information content (AvgIpc) is 2.90. The van der Waals surface area contributed by atoms with Crippen molar-refractivity contribution in [2.45, 2.75) is 38.6 Å². The number of aliphatic imine (C=N–C) groups is 1. The zero-order valence-corrected chi connectivity index (χ0v) is 19.6. The van der Waals surface area contributed by atoms with Gasteiger partial charge in [-0.25, -0.2) is 23.5 Å². The first kappa shape index (κ1) is 23.8. The van der Waals surface area contributed by atoms with Crippen molar-refractivity contribution >= 4 is 51.3 Å². The van der Waals surface area contributed by atoms with E-state index < -0.39 is 10.0 Å². The first-order chi connectivity index (χ1) is 12.3. The van der Waals surface area contributed by atoms with Gasteiger partial charge in [0.25, 0.3) is 0 Å². The molecule has 4 N–H and O–H groups in total. The van der Waals surface area contributed by atoms with E-state index in [4.69, 9.17) is 5.14 Å². The summed E-state index contributed by atoms with van der Waals surface area (Å²) >= 11 is 1.71. The van der Waals surface area contributed by atoms with Gasteiger partial charge in [-0.1, -0.05) is 12.1 Å². The van der Waals surface area contributed by atoms with Gasteiger partial charge in [-0.05, 0) is 38.5 Å². The third-order valence-electron chi connectivity index (χ3n) is 3.70. The highest BCUT2D eigenvalue weighted by Gasteiger charge is 2.08. The number of halogens is 1.